The zero-order valence-corrected chi connectivity index (χ0v) is 11.3. The third-order valence-electron chi connectivity index (χ3n) is 3.31. The van der Waals surface area contributed by atoms with E-state index < -0.39 is 0 Å². The van der Waals surface area contributed by atoms with E-state index in [9.17, 15) is 0 Å². The van der Waals surface area contributed by atoms with Gasteiger partial charge in [-0.3, -0.25) is 0 Å². The molecular weight excluding hydrogens is 217 g/mol. The van der Waals surface area contributed by atoms with Crippen LogP contribution in [0.15, 0.2) is 48.5 Å². The second kappa shape index (κ2) is 3.91. The maximum Gasteiger partial charge on any atom is 0.247 e. The van der Waals surface area contributed by atoms with Crippen LogP contribution in [0.4, 0.5) is 0 Å². The average Bonchev–Trinajstić information content (AvgIpc) is 2.64. The van der Waals surface area contributed by atoms with Crippen molar-refractivity contribution in [2.24, 2.45) is 0 Å². The lowest BCUT2D eigenvalue weighted by Crippen LogP contribution is -2.17. The van der Waals surface area contributed by atoms with Crippen LogP contribution >= 0.6 is 0 Å². The fourth-order valence-corrected chi connectivity index (χ4v) is 2.65. The number of para-hydroxylation sites is 2. The first kappa shape index (κ1) is 11.4. The molecule has 0 aliphatic carbocycles. The van der Waals surface area contributed by atoms with E-state index in [2.05, 4.69) is 73.8 Å². The average molecular weight is 235 g/mol. The Morgan fingerprint density at radius 3 is 1.67 bits per heavy atom. The Hall–Kier alpha value is -1.70. The van der Waals surface area contributed by atoms with Gasteiger partial charge in [0.1, 0.15) is 0 Å². The van der Waals surface area contributed by atoms with Crippen LogP contribution in [0.25, 0.3) is 21.8 Å². The smallest absolute Gasteiger partial charge is 0.247 e. The van der Waals surface area contributed by atoms with Crippen molar-refractivity contribution < 1.29 is 0 Å². The molecule has 0 bridgehead atoms. The highest BCUT2D eigenvalue weighted by Crippen LogP contribution is 2.31. The van der Waals surface area contributed by atoms with Gasteiger partial charge in [-0.25, -0.2) is 0 Å². The Morgan fingerprint density at radius 1 is 0.778 bits per heavy atom. The van der Waals surface area contributed by atoms with Gasteiger partial charge in [0.05, 0.1) is 0 Å². The van der Waals surface area contributed by atoms with Gasteiger partial charge >= 0.3 is 0 Å². The van der Waals surface area contributed by atoms with Gasteiger partial charge in [-0.2, -0.15) is 0 Å². The molecule has 2 aromatic carbocycles. The third-order valence-corrected chi connectivity index (χ3v) is 3.31. The summed E-state index contributed by atoms with van der Waals surface area (Å²) in [7, 11) is 1.04. The first-order valence-electron chi connectivity index (χ1n) is 6.52. The lowest BCUT2D eigenvalue weighted by Gasteiger charge is -2.18. The maximum absolute atomic E-state index is 2.45. The highest BCUT2D eigenvalue weighted by molar-refractivity contribution is 6.42. The number of fused-ring (bicyclic) bond motifs is 3. The van der Waals surface area contributed by atoms with Gasteiger partial charge in [-0.05, 0) is 17.4 Å². The van der Waals surface area contributed by atoms with Gasteiger partial charge in [-0.1, -0.05) is 57.2 Å². The Bertz CT molecular complexity index is 651. The molecule has 0 unspecified atom stereocenters. The summed E-state index contributed by atoms with van der Waals surface area (Å²) in [4.78, 5) is 0. The molecule has 0 radical (unpaired) electrons. The minimum Gasteiger partial charge on any atom is -0.389 e. The van der Waals surface area contributed by atoms with Crippen molar-refractivity contribution >= 4 is 29.2 Å². The maximum atomic E-state index is 2.45. The lowest BCUT2D eigenvalue weighted by molar-refractivity contribution is 0.743. The van der Waals surface area contributed by atoms with Gasteiger partial charge in [0.25, 0.3) is 0 Å². The molecule has 0 saturated carbocycles. The fraction of sp³-hybridized carbons (Fsp3) is 0.250. The molecule has 1 nitrogen and oxygen atoms in total. The van der Waals surface area contributed by atoms with E-state index in [1.165, 1.54) is 21.8 Å². The van der Waals surface area contributed by atoms with E-state index >= 15 is 0 Å². The Morgan fingerprint density at radius 2 is 1.22 bits per heavy atom. The standard InChI is InChI=1S/C16H18BN/c1-16(2,3)17-18-14-10-6-4-8-12(14)13-9-5-7-11-15(13)18/h4-11,17H,1-3H3. The van der Waals surface area contributed by atoms with E-state index in [0.717, 1.165) is 7.41 Å². The molecule has 0 aliphatic rings. The van der Waals surface area contributed by atoms with E-state index in [4.69, 9.17) is 0 Å². The molecule has 0 saturated heterocycles. The molecule has 1 aromatic heterocycles. The number of aromatic nitrogens is 1. The molecular formula is C16H18BN. The SMILES string of the molecule is CC(C)(C)Bn1c2ccccc2c2ccccc21. The van der Waals surface area contributed by atoms with Crippen molar-refractivity contribution in [1.82, 2.24) is 4.48 Å². The molecule has 3 rings (SSSR count). The first-order chi connectivity index (χ1) is 8.56. The third kappa shape index (κ3) is 1.82. The molecule has 90 valence electrons. The normalized spacial score (nSPS) is 12.2. The van der Waals surface area contributed by atoms with Crippen LogP contribution in [0.2, 0.25) is 5.31 Å². The summed E-state index contributed by atoms with van der Waals surface area (Å²) < 4.78 is 2.45. The summed E-state index contributed by atoms with van der Waals surface area (Å²) in [5.41, 5.74) is 2.68. The van der Waals surface area contributed by atoms with Crippen LogP contribution in [0.5, 0.6) is 0 Å². The monoisotopic (exact) mass is 235 g/mol. The number of benzene rings is 2. The Kier molecular flexibility index (Phi) is 2.48. The van der Waals surface area contributed by atoms with Crippen molar-refractivity contribution in [2.75, 3.05) is 0 Å². The second-order valence-electron chi connectivity index (χ2n) is 6.18. The summed E-state index contributed by atoms with van der Waals surface area (Å²) in [6.07, 6.45) is 0. The van der Waals surface area contributed by atoms with E-state index in [-0.39, 0.29) is 5.31 Å². The molecule has 0 spiro atoms. The van der Waals surface area contributed by atoms with Crippen LogP contribution in [-0.2, 0) is 0 Å². The van der Waals surface area contributed by atoms with Gasteiger partial charge < -0.3 is 4.48 Å². The van der Waals surface area contributed by atoms with Crippen molar-refractivity contribution in [1.29, 1.82) is 0 Å². The number of hydrogen-bond acceptors (Lipinski definition) is 0. The van der Waals surface area contributed by atoms with Gasteiger partial charge in [-0.15, -0.1) is 0 Å². The first-order valence-corrected chi connectivity index (χ1v) is 6.52. The zero-order valence-electron chi connectivity index (χ0n) is 11.3. The van der Waals surface area contributed by atoms with Crippen molar-refractivity contribution in [3.63, 3.8) is 0 Å². The van der Waals surface area contributed by atoms with Crippen LogP contribution < -0.4 is 0 Å². The molecule has 18 heavy (non-hydrogen) atoms. The van der Waals surface area contributed by atoms with Gasteiger partial charge in [0.2, 0.25) is 7.41 Å². The van der Waals surface area contributed by atoms with E-state index in [0.29, 0.717) is 0 Å². The summed E-state index contributed by atoms with van der Waals surface area (Å²) in [5, 5.41) is 3.00. The quantitative estimate of drug-likeness (QED) is 0.556. The van der Waals surface area contributed by atoms with Gasteiger partial charge in [0, 0.05) is 21.8 Å². The van der Waals surface area contributed by atoms with Crippen LogP contribution in [0.3, 0.4) is 0 Å². The number of hydrogen-bond donors (Lipinski definition) is 0. The van der Waals surface area contributed by atoms with E-state index in [1.54, 1.807) is 0 Å². The largest absolute Gasteiger partial charge is 0.389 e. The molecule has 0 N–H and O–H groups in total. The zero-order chi connectivity index (χ0) is 12.8. The second-order valence-corrected chi connectivity index (χ2v) is 6.18. The summed E-state index contributed by atoms with van der Waals surface area (Å²) in [6, 6.07) is 17.4. The molecule has 2 heteroatoms. The van der Waals surface area contributed by atoms with Crippen molar-refractivity contribution in [3.8, 4) is 0 Å². The van der Waals surface area contributed by atoms with E-state index in [1.807, 2.05) is 0 Å². The van der Waals surface area contributed by atoms with Crippen LogP contribution in [0.1, 0.15) is 20.8 Å². The number of rotatable bonds is 1. The summed E-state index contributed by atoms with van der Waals surface area (Å²) >= 11 is 0. The Labute approximate surface area is 109 Å². The van der Waals surface area contributed by atoms with Crippen molar-refractivity contribution in [2.45, 2.75) is 26.1 Å². The topological polar surface area (TPSA) is 4.93 Å². The molecule has 0 amide bonds. The minimum absolute atomic E-state index is 0.282. The predicted molar refractivity (Wildman–Crippen MR) is 81.7 cm³/mol. The molecule has 0 fully saturated rings. The molecule has 0 atom stereocenters. The fourth-order valence-electron chi connectivity index (χ4n) is 2.65. The minimum atomic E-state index is 0.282. The van der Waals surface area contributed by atoms with Crippen molar-refractivity contribution in [3.05, 3.63) is 48.5 Å². The highest BCUT2D eigenvalue weighted by Gasteiger charge is 2.18. The van der Waals surface area contributed by atoms with Gasteiger partial charge in [0.15, 0.2) is 0 Å². The summed E-state index contributed by atoms with van der Waals surface area (Å²) in [5.74, 6) is 0. The van der Waals surface area contributed by atoms with Crippen LogP contribution in [0, 0.1) is 0 Å². The number of nitrogens with zero attached hydrogens (tertiary/aromatic N) is 1. The molecule has 3 aromatic rings. The molecule has 0 aliphatic heterocycles. The molecule has 1 heterocycles. The van der Waals surface area contributed by atoms with Crippen LogP contribution in [-0.4, -0.2) is 11.9 Å². The summed E-state index contributed by atoms with van der Waals surface area (Å²) in [6.45, 7) is 6.86. The highest BCUT2D eigenvalue weighted by atomic mass is 14.9. The predicted octanol–water partition coefficient (Wildman–Crippen LogP) is 4.21. The lowest BCUT2D eigenvalue weighted by atomic mass is 9.64. The Balaban J connectivity index is 2.38.